The maximum Gasteiger partial charge on any atom is 1.00 e. The molecule has 0 aliphatic carbocycles. The van der Waals surface area contributed by atoms with Crippen molar-refractivity contribution in [2.24, 2.45) is 0 Å². The normalized spacial score (nSPS) is 12.0. The van der Waals surface area contributed by atoms with Crippen LogP contribution in [-0.2, 0) is 14.9 Å². The Labute approximate surface area is 105 Å². The summed E-state index contributed by atoms with van der Waals surface area (Å²) in [5.41, 5.74) is 0.0651. The molecule has 0 aliphatic rings. The van der Waals surface area contributed by atoms with E-state index in [2.05, 4.69) is 0 Å². The second-order valence-electron chi connectivity index (χ2n) is 2.60. The van der Waals surface area contributed by atoms with Gasteiger partial charge in [0.2, 0.25) is 0 Å². The Morgan fingerprint density at radius 1 is 1.50 bits per heavy atom. The van der Waals surface area contributed by atoms with Crippen molar-refractivity contribution < 1.29 is 52.4 Å². The summed E-state index contributed by atoms with van der Waals surface area (Å²) in [5.74, 6) is -1.63. The largest absolute Gasteiger partial charge is 1.00 e. The van der Waals surface area contributed by atoms with E-state index in [-0.39, 0.29) is 47.3 Å². The van der Waals surface area contributed by atoms with E-state index in [9.17, 15) is 18.3 Å². The Morgan fingerprint density at radius 2 is 2.00 bits per heavy atom. The molecule has 1 N–H and O–H groups in total. The van der Waals surface area contributed by atoms with Gasteiger partial charge in [0.15, 0.2) is 0 Å². The smallest absolute Gasteiger partial charge is 0.545 e. The number of allylic oxidation sites excluding steroid dienone is 1. The molecule has 0 bridgehead atoms. The van der Waals surface area contributed by atoms with Crippen LogP contribution in [0.4, 0.5) is 0 Å². The molecule has 7 heteroatoms. The van der Waals surface area contributed by atoms with Crippen LogP contribution >= 0.6 is 0 Å². The molecule has 0 saturated heterocycles. The minimum atomic E-state index is -3.93. The Morgan fingerprint density at radius 3 is 2.36 bits per heavy atom. The SMILES string of the molecule is C/C(=C\CCCS(=O)(=O)O)C(=O)[O-].[Na+]. The summed E-state index contributed by atoms with van der Waals surface area (Å²) in [4.78, 5) is 10.1. The number of hydrogen-bond acceptors (Lipinski definition) is 4. The number of unbranched alkanes of at least 4 members (excludes halogenated alkanes) is 1. The average molecular weight is 230 g/mol. The third-order valence-corrected chi connectivity index (χ3v) is 2.18. The van der Waals surface area contributed by atoms with Crippen molar-refractivity contribution in [3.8, 4) is 0 Å². The first-order valence-corrected chi connectivity index (χ1v) is 5.27. The van der Waals surface area contributed by atoms with E-state index in [0.717, 1.165) is 0 Å². The number of carboxylic acids is 1. The third-order valence-electron chi connectivity index (χ3n) is 1.38. The standard InChI is InChI=1S/C7H12O5S.Na/c1-6(7(8)9)4-2-3-5-13(10,11)12;/h4H,2-3,5H2,1H3,(H,8,9)(H,10,11,12);/q;+1/p-1/b6-4+;. The van der Waals surface area contributed by atoms with Gasteiger partial charge in [0, 0.05) is 0 Å². The first-order valence-electron chi connectivity index (χ1n) is 3.66. The molecular formula is C7H11NaO5S. The van der Waals surface area contributed by atoms with Crippen molar-refractivity contribution in [2.45, 2.75) is 19.8 Å². The molecule has 0 atom stereocenters. The van der Waals surface area contributed by atoms with Crippen molar-refractivity contribution in [3.63, 3.8) is 0 Å². The number of rotatable bonds is 5. The molecule has 0 aromatic carbocycles. The third kappa shape index (κ3) is 10.2. The summed E-state index contributed by atoms with van der Waals surface area (Å²) >= 11 is 0. The van der Waals surface area contributed by atoms with Gasteiger partial charge in [0.1, 0.15) is 0 Å². The molecule has 14 heavy (non-hydrogen) atoms. The van der Waals surface area contributed by atoms with Crippen LogP contribution in [0.3, 0.4) is 0 Å². The second-order valence-corrected chi connectivity index (χ2v) is 4.17. The Hall–Kier alpha value is 0.120. The molecule has 0 aromatic rings. The molecule has 0 aliphatic heterocycles. The Kier molecular flexibility index (Phi) is 8.77. The van der Waals surface area contributed by atoms with Crippen molar-refractivity contribution in [2.75, 3.05) is 5.75 Å². The van der Waals surface area contributed by atoms with Gasteiger partial charge in [-0.05, 0) is 25.3 Å². The molecule has 0 spiro atoms. The van der Waals surface area contributed by atoms with Crippen LogP contribution in [-0.4, -0.2) is 24.7 Å². The summed E-state index contributed by atoms with van der Waals surface area (Å²) in [6, 6.07) is 0. The van der Waals surface area contributed by atoms with Crippen LogP contribution < -0.4 is 34.7 Å². The minimum absolute atomic E-state index is 0. The summed E-state index contributed by atoms with van der Waals surface area (Å²) in [6.45, 7) is 1.36. The molecule has 0 saturated carbocycles. The first kappa shape index (κ1) is 16.5. The zero-order valence-electron chi connectivity index (χ0n) is 8.19. The maximum atomic E-state index is 10.2. The molecule has 0 unspecified atom stereocenters. The fourth-order valence-corrected chi connectivity index (χ4v) is 1.20. The van der Waals surface area contributed by atoms with Gasteiger partial charge >= 0.3 is 29.6 Å². The van der Waals surface area contributed by atoms with E-state index in [1.165, 1.54) is 13.0 Å². The number of carbonyl (C=O) groups is 1. The fraction of sp³-hybridized carbons (Fsp3) is 0.571. The van der Waals surface area contributed by atoms with Crippen molar-refractivity contribution in [3.05, 3.63) is 11.6 Å². The minimum Gasteiger partial charge on any atom is -0.545 e. The Bertz CT molecular complexity index is 306. The predicted octanol–water partition coefficient (Wildman–Crippen LogP) is -3.65. The van der Waals surface area contributed by atoms with Crippen LogP contribution in [0.2, 0.25) is 0 Å². The van der Waals surface area contributed by atoms with Gasteiger partial charge in [-0.1, -0.05) is 6.08 Å². The van der Waals surface area contributed by atoms with Crippen molar-refractivity contribution >= 4 is 16.1 Å². The molecule has 0 fully saturated rings. The van der Waals surface area contributed by atoms with E-state index < -0.39 is 16.1 Å². The number of hydrogen-bond donors (Lipinski definition) is 1. The quantitative estimate of drug-likeness (QED) is 0.227. The Balaban J connectivity index is 0. The molecule has 0 amide bonds. The molecule has 0 aromatic heterocycles. The second kappa shape index (κ2) is 7.42. The van der Waals surface area contributed by atoms with Gasteiger partial charge < -0.3 is 9.90 Å². The zero-order chi connectivity index (χ0) is 10.5. The monoisotopic (exact) mass is 230 g/mol. The molecular weight excluding hydrogens is 219 g/mol. The van der Waals surface area contributed by atoms with Crippen LogP contribution in [0.5, 0.6) is 0 Å². The summed E-state index contributed by atoms with van der Waals surface area (Å²) < 4.78 is 28.7. The van der Waals surface area contributed by atoms with E-state index in [1.807, 2.05) is 0 Å². The van der Waals surface area contributed by atoms with E-state index in [1.54, 1.807) is 0 Å². The number of carboxylic acid groups (broad SMARTS) is 1. The van der Waals surface area contributed by atoms with Gasteiger partial charge in [-0.2, -0.15) is 8.42 Å². The van der Waals surface area contributed by atoms with Gasteiger partial charge in [-0.3, -0.25) is 4.55 Å². The van der Waals surface area contributed by atoms with Crippen LogP contribution in [0, 0.1) is 0 Å². The van der Waals surface area contributed by atoms with E-state index in [0.29, 0.717) is 6.42 Å². The molecule has 76 valence electrons. The van der Waals surface area contributed by atoms with Gasteiger partial charge in [-0.15, -0.1) is 0 Å². The topological polar surface area (TPSA) is 94.5 Å². The van der Waals surface area contributed by atoms with Crippen molar-refractivity contribution in [1.29, 1.82) is 0 Å². The summed E-state index contributed by atoms with van der Waals surface area (Å²) in [7, 11) is -3.93. The fourth-order valence-electron chi connectivity index (χ4n) is 0.668. The number of carbonyl (C=O) groups excluding carboxylic acids is 1. The van der Waals surface area contributed by atoms with Gasteiger partial charge in [0.25, 0.3) is 10.1 Å². The molecule has 5 nitrogen and oxygen atoms in total. The van der Waals surface area contributed by atoms with Crippen molar-refractivity contribution in [1.82, 2.24) is 0 Å². The van der Waals surface area contributed by atoms with Crippen LogP contribution in [0.15, 0.2) is 11.6 Å². The van der Waals surface area contributed by atoms with E-state index >= 15 is 0 Å². The average Bonchev–Trinajstić information content (AvgIpc) is 1.95. The summed E-state index contributed by atoms with van der Waals surface area (Å²) in [6.07, 6.45) is 1.85. The first-order chi connectivity index (χ1) is 5.83. The van der Waals surface area contributed by atoms with Gasteiger partial charge in [0.05, 0.1) is 11.7 Å². The zero-order valence-corrected chi connectivity index (χ0v) is 11.0. The van der Waals surface area contributed by atoms with E-state index in [4.69, 9.17) is 4.55 Å². The molecule has 0 heterocycles. The summed E-state index contributed by atoms with van der Waals surface area (Å²) in [5, 5.41) is 10.1. The number of aliphatic carboxylic acids is 1. The van der Waals surface area contributed by atoms with Crippen LogP contribution in [0.25, 0.3) is 0 Å². The predicted molar refractivity (Wildman–Crippen MR) is 44.4 cm³/mol. The van der Waals surface area contributed by atoms with Gasteiger partial charge in [-0.25, -0.2) is 0 Å². The molecule has 0 rings (SSSR count). The van der Waals surface area contributed by atoms with Crippen LogP contribution in [0.1, 0.15) is 19.8 Å². The maximum absolute atomic E-state index is 10.2. The molecule has 0 radical (unpaired) electrons.